The van der Waals surface area contributed by atoms with Crippen LogP contribution in [0.3, 0.4) is 0 Å². The predicted octanol–water partition coefficient (Wildman–Crippen LogP) is 5.49. The summed E-state index contributed by atoms with van der Waals surface area (Å²) in [6.45, 7) is 6.34. The number of aliphatic hydroxyl groups is 1. The zero-order valence-corrected chi connectivity index (χ0v) is 19.2. The molecule has 1 saturated heterocycles. The highest BCUT2D eigenvalue weighted by molar-refractivity contribution is 6.51. The second-order valence-corrected chi connectivity index (χ2v) is 9.47. The lowest BCUT2D eigenvalue weighted by Crippen LogP contribution is -2.30. The van der Waals surface area contributed by atoms with Gasteiger partial charge in [-0.05, 0) is 41.3 Å². The van der Waals surface area contributed by atoms with Crippen LogP contribution in [-0.2, 0) is 15.0 Å². The predicted molar refractivity (Wildman–Crippen MR) is 132 cm³/mol. The van der Waals surface area contributed by atoms with Crippen molar-refractivity contribution in [1.82, 2.24) is 9.97 Å². The minimum absolute atomic E-state index is 0.0216. The second-order valence-electron chi connectivity index (χ2n) is 9.47. The van der Waals surface area contributed by atoms with Crippen LogP contribution < -0.4 is 4.90 Å². The van der Waals surface area contributed by atoms with Gasteiger partial charge in [0.15, 0.2) is 0 Å². The fourth-order valence-electron chi connectivity index (χ4n) is 4.45. The monoisotopic (exact) mass is 451 g/mol. The molecular weight excluding hydrogens is 426 g/mol. The maximum atomic E-state index is 13.3. The number of ketones is 1. The molecule has 5 rings (SSSR count). The number of amides is 1. The topological polar surface area (TPSA) is 86.3 Å². The van der Waals surface area contributed by atoms with Crippen molar-refractivity contribution in [2.75, 3.05) is 4.90 Å². The lowest BCUT2D eigenvalue weighted by atomic mass is 9.87. The fraction of sp³-hybridized carbons (Fsp3) is 0.179. The third kappa shape index (κ3) is 3.48. The Hall–Kier alpha value is -4.19. The van der Waals surface area contributed by atoms with Crippen LogP contribution in [0.5, 0.6) is 0 Å². The first-order valence-corrected chi connectivity index (χ1v) is 11.2. The van der Waals surface area contributed by atoms with Gasteiger partial charge in [0.1, 0.15) is 11.8 Å². The Bertz CT molecular complexity index is 1430. The number of carbonyl (C=O) groups is 2. The van der Waals surface area contributed by atoms with Crippen LogP contribution in [0, 0.1) is 0 Å². The molecule has 0 spiro atoms. The Kier molecular flexibility index (Phi) is 5.09. The van der Waals surface area contributed by atoms with Crippen molar-refractivity contribution >= 4 is 34.0 Å². The summed E-state index contributed by atoms with van der Waals surface area (Å²) in [4.78, 5) is 35.6. The van der Waals surface area contributed by atoms with E-state index in [0.717, 1.165) is 16.5 Å². The normalized spacial score (nSPS) is 18.1. The second kappa shape index (κ2) is 7.99. The minimum atomic E-state index is -0.852. The number of pyridine rings is 1. The van der Waals surface area contributed by atoms with Crippen molar-refractivity contribution in [3.63, 3.8) is 0 Å². The molecule has 1 fully saturated rings. The molecule has 0 aliphatic carbocycles. The molecule has 6 nitrogen and oxygen atoms in total. The maximum absolute atomic E-state index is 13.3. The highest BCUT2D eigenvalue weighted by atomic mass is 16.3. The van der Waals surface area contributed by atoms with Crippen LogP contribution in [0.4, 0.5) is 5.69 Å². The summed E-state index contributed by atoms with van der Waals surface area (Å²) < 4.78 is 0. The molecule has 1 aliphatic rings. The molecule has 2 aromatic carbocycles. The Morgan fingerprint density at radius 2 is 1.68 bits per heavy atom. The van der Waals surface area contributed by atoms with E-state index in [0.29, 0.717) is 16.9 Å². The Morgan fingerprint density at radius 1 is 0.971 bits per heavy atom. The standard InChI is InChI=1S/C28H25N3O3/c1-28(2,3)17-11-13-18(14-12-17)31-24(22-10-6-7-15-29-22)23(26(33)27(31)34)25(32)20-16-30-21-9-5-4-8-19(20)21/h4-16,24,30,32H,1-3H3/b25-23-. The SMILES string of the molecule is CC(C)(C)c1ccc(N2C(=O)C(=O)/C(=C(\O)c3c[nH]c4ccccc34)C2c2ccccn2)cc1. The van der Waals surface area contributed by atoms with Crippen LogP contribution in [-0.4, -0.2) is 26.8 Å². The summed E-state index contributed by atoms with van der Waals surface area (Å²) in [5.41, 5.74) is 3.45. The number of aromatic amines is 1. The molecule has 1 amide bonds. The Balaban J connectivity index is 1.70. The molecule has 4 aromatic rings. The van der Waals surface area contributed by atoms with Gasteiger partial charge >= 0.3 is 0 Å². The van der Waals surface area contributed by atoms with E-state index in [1.54, 1.807) is 30.6 Å². The summed E-state index contributed by atoms with van der Waals surface area (Å²) in [7, 11) is 0. The van der Waals surface area contributed by atoms with Crippen molar-refractivity contribution in [3.05, 3.63) is 102 Å². The summed E-state index contributed by atoms with van der Waals surface area (Å²) in [6.07, 6.45) is 3.27. The molecule has 3 heterocycles. The van der Waals surface area contributed by atoms with Gasteiger partial charge in [0, 0.05) is 34.5 Å². The number of fused-ring (bicyclic) bond motifs is 1. The molecular formula is C28H25N3O3. The number of rotatable bonds is 3. The molecule has 2 N–H and O–H groups in total. The Morgan fingerprint density at radius 3 is 2.35 bits per heavy atom. The smallest absolute Gasteiger partial charge is 0.300 e. The number of carbonyl (C=O) groups excluding carboxylic acids is 2. The van der Waals surface area contributed by atoms with Crippen LogP contribution in [0.2, 0.25) is 0 Å². The summed E-state index contributed by atoms with van der Waals surface area (Å²) in [5.74, 6) is -1.65. The molecule has 34 heavy (non-hydrogen) atoms. The van der Waals surface area contributed by atoms with E-state index in [1.165, 1.54) is 4.90 Å². The number of anilines is 1. The van der Waals surface area contributed by atoms with Gasteiger partial charge in [-0.25, -0.2) is 0 Å². The number of Topliss-reactive ketones (excluding diaryl/α,β-unsaturated/α-hetero) is 1. The molecule has 1 aliphatic heterocycles. The van der Waals surface area contributed by atoms with E-state index < -0.39 is 17.7 Å². The number of benzene rings is 2. The summed E-state index contributed by atoms with van der Waals surface area (Å²) in [6, 6.07) is 19.6. The number of hydrogen-bond donors (Lipinski definition) is 2. The molecule has 0 radical (unpaired) electrons. The maximum Gasteiger partial charge on any atom is 0.300 e. The largest absolute Gasteiger partial charge is 0.507 e. The van der Waals surface area contributed by atoms with Gasteiger partial charge in [0.25, 0.3) is 11.7 Å². The van der Waals surface area contributed by atoms with Crippen molar-refractivity contribution in [2.24, 2.45) is 0 Å². The van der Waals surface area contributed by atoms with E-state index >= 15 is 0 Å². The van der Waals surface area contributed by atoms with Gasteiger partial charge < -0.3 is 10.1 Å². The average Bonchev–Trinajstić information content (AvgIpc) is 3.38. The quantitative estimate of drug-likeness (QED) is 0.245. The van der Waals surface area contributed by atoms with E-state index in [9.17, 15) is 14.7 Å². The van der Waals surface area contributed by atoms with Gasteiger partial charge in [-0.1, -0.05) is 57.2 Å². The first-order chi connectivity index (χ1) is 16.3. The molecule has 2 aromatic heterocycles. The van der Waals surface area contributed by atoms with E-state index in [-0.39, 0.29) is 16.7 Å². The van der Waals surface area contributed by atoms with Gasteiger partial charge in [-0.3, -0.25) is 19.5 Å². The summed E-state index contributed by atoms with van der Waals surface area (Å²) >= 11 is 0. The van der Waals surface area contributed by atoms with Crippen LogP contribution >= 0.6 is 0 Å². The van der Waals surface area contributed by atoms with E-state index in [2.05, 4.69) is 30.7 Å². The molecule has 6 heteroatoms. The molecule has 170 valence electrons. The van der Waals surface area contributed by atoms with Gasteiger partial charge in [0.2, 0.25) is 0 Å². The third-order valence-electron chi connectivity index (χ3n) is 6.27. The molecule has 1 atom stereocenters. The average molecular weight is 452 g/mol. The van der Waals surface area contributed by atoms with Crippen LogP contribution in [0.15, 0.2) is 84.7 Å². The number of aromatic nitrogens is 2. The highest BCUT2D eigenvalue weighted by Gasteiger charge is 2.47. The molecule has 0 saturated carbocycles. The lowest BCUT2D eigenvalue weighted by Gasteiger charge is -2.26. The zero-order valence-electron chi connectivity index (χ0n) is 19.2. The van der Waals surface area contributed by atoms with Gasteiger partial charge in [-0.15, -0.1) is 0 Å². The first kappa shape index (κ1) is 21.6. The number of hydrogen-bond acceptors (Lipinski definition) is 4. The number of aliphatic hydroxyl groups excluding tert-OH is 1. The number of H-pyrrole nitrogens is 1. The van der Waals surface area contributed by atoms with Crippen molar-refractivity contribution < 1.29 is 14.7 Å². The summed E-state index contributed by atoms with van der Waals surface area (Å²) in [5, 5.41) is 12.1. The lowest BCUT2D eigenvalue weighted by molar-refractivity contribution is -0.132. The minimum Gasteiger partial charge on any atom is -0.507 e. The van der Waals surface area contributed by atoms with Crippen molar-refractivity contribution in [3.8, 4) is 0 Å². The van der Waals surface area contributed by atoms with Crippen molar-refractivity contribution in [2.45, 2.75) is 32.2 Å². The van der Waals surface area contributed by atoms with Crippen molar-refractivity contribution in [1.29, 1.82) is 0 Å². The number of para-hydroxylation sites is 1. The molecule has 1 unspecified atom stereocenters. The number of nitrogens with one attached hydrogen (secondary N) is 1. The number of nitrogens with zero attached hydrogens (tertiary/aromatic N) is 2. The first-order valence-electron chi connectivity index (χ1n) is 11.2. The van der Waals surface area contributed by atoms with Gasteiger partial charge in [-0.2, -0.15) is 0 Å². The van der Waals surface area contributed by atoms with Crippen LogP contribution in [0.1, 0.15) is 43.6 Å². The zero-order chi connectivity index (χ0) is 24.0. The van der Waals surface area contributed by atoms with Crippen LogP contribution in [0.25, 0.3) is 16.7 Å². The van der Waals surface area contributed by atoms with Gasteiger partial charge in [0.05, 0.1) is 11.3 Å². The highest BCUT2D eigenvalue weighted by Crippen LogP contribution is 2.42. The third-order valence-corrected chi connectivity index (χ3v) is 6.27. The Labute approximate surface area is 197 Å². The van der Waals surface area contributed by atoms with E-state index in [4.69, 9.17) is 0 Å². The fourth-order valence-corrected chi connectivity index (χ4v) is 4.45. The molecule has 0 bridgehead atoms. The van der Waals surface area contributed by atoms with E-state index in [1.807, 2.05) is 48.5 Å².